The van der Waals surface area contributed by atoms with Gasteiger partial charge in [0.05, 0.1) is 29.2 Å². The first-order chi connectivity index (χ1) is 13.7. The molecule has 154 valence electrons. The van der Waals surface area contributed by atoms with Gasteiger partial charge in [0, 0.05) is 12.6 Å². The van der Waals surface area contributed by atoms with E-state index in [-0.39, 0.29) is 29.3 Å². The van der Waals surface area contributed by atoms with Crippen LogP contribution in [0, 0.1) is 20.8 Å². The van der Waals surface area contributed by atoms with Crippen molar-refractivity contribution >= 4 is 21.4 Å². The highest BCUT2D eigenvalue weighted by Gasteiger charge is 2.19. The van der Waals surface area contributed by atoms with E-state index >= 15 is 0 Å². The lowest BCUT2D eigenvalue weighted by Gasteiger charge is -2.12. The molecule has 0 unspecified atom stereocenters. The van der Waals surface area contributed by atoms with E-state index in [1.807, 2.05) is 20.8 Å². The average molecular weight is 435 g/mol. The van der Waals surface area contributed by atoms with Crippen LogP contribution in [0.15, 0.2) is 40.0 Å². The fourth-order valence-corrected chi connectivity index (χ4v) is 4.91. The number of hydrogen-bond donors (Lipinski definition) is 1. The molecule has 0 fully saturated rings. The molecule has 0 aliphatic rings. The predicted molar refractivity (Wildman–Crippen MR) is 112 cm³/mol. The fraction of sp³-hybridized carbons (Fsp3) is 0.316. The monoisotopic (exact) mass is 434 g/mol. The Bertz CT molecular complexity index is 1200. The first kappa shape index (κ1) is 21.2. The van der Waals surface area contributed by atoms with Gasteiger partial charge in [-0.2, -0.15) is 5.10 Å². The number of aromatic nitrogens is 3. The third-order valence-corrected chi connectivity index (χ3v) is 6.82. The Morgan fingerprint density at radius 3 is 2.59 bits per heavy atom. The molecule has 1 aromatic carbocycles. The second-order valence-corrected chi connectivity index (χ2v) is 9.42. The van der Waals surface area contributed by atoms with Crippen LogP contribution < -0.4 is 15.0 Å². The van der Waals surface area contributed by atoms with Crippen molar-refractivity contribution in [3.63, 3.8) is 0 Å². The van der Waals surface area contributed by atoms with Gasteiger partial charge in [-0.3, -0.25) is 4.79 Å². The summed E-state index contributed by atoms with van der Waals surface area (Å²) in [6, 6.07) is 7.93. The zero-order valence-electron chi connectivity index (χ0n) is 16.6. The number of rotatable bonds is 7. The van der Waals surface area contributed by atoms with E-state index in [9.17, 15) is 13.2 Å². The van der Waals surface area contributed by atoms with Gasteiger partial charge < -0.3 is 4.74 Å². The highest BCUT2D eigenvalue weighted by Crippen LogP contribution is 2.27. The summed E-state index contributed by atoms with van der Waals surface area (Å²) in [4.78, 5) is 17.5. The number of benzene rings is 1. The number of thiazole rings is 1. The summed E-state index contributed by atoms with van der Waals surface area (Å²) < 4.78 is 34.2. The van der Waals surface area contributed by atoms with E-state index in [1.165, 1.54) is 35.3 Å². The fourth-order valence-electron chi connectivity index (χ4n) is 2.86. The lowest BCUT2D eigenvalue weighted by Crippen LogP contribution is -2.32. The van der Waals surface area contributed by atoms with Crippen molar-refractivity contribution in [2.24, 2.45) is 0 Å². The van der Waals surface area contributed by atoms with Crippen molar-refractivity contribution in [3.05, 3.63) is 57.0 Å². The minimum Gasteiger partial charge on any atom is -0.495 e. The minimum atomic E-state index is -3.79. The van der Waals surface area contributed by atoms with Crippen LogP contribution in [0.2, 0.25) is 0 Å². The molecule has 0 amide bonds. The molecule has 0 atom stereocenters. The van der Waals surface area contributed by atoms with Gasteiger partial charge in [0.1, 0.15) is 16.3 Å². The molecule has 10 heteroatoms. The molecule has 3 aromatic rings. The van der Waals surface area contributed by atoms with Crippen LogP contribution in [0.4, 0.5) is 0 Å². The molecular formula is C19H22N4O4S2. The first-order valence-corrected chi connectivity index (χ1v) is 11.2. The number of ether oxygens (including phenoxy) is 1. The van der Waals surface area contributed by atoms with E-state index < -0.39 is 10.0 Å². The SMILES string of the molecule is COc1cc(C)ccc1S(=O)(=O)NCCn1nc(-c2sc(C)nc2C)ccc1=O. The summed E-state index contributed by atoms with van der Waals surface area (Å²) in [5.74, 6) is 0.269. The molecule has 3 rings (SSSR count). The van der Waals surface area contributed by atoms with Gasteiger partial charge >= 0.3 is 0 Å². The largest absolute Gasteiger partial charge is 0.495 e. The summed E-state index contributed by atoms with van der Waals surface area (Å²) in [5.41, 5.74) is 2.06. The second-order valence-electron chi connectivity index (χ2n) is 6.48. The number of aryl methyl sites for hydroxylation is 3. The summed E-state index contributed by atoms with van der Waals surface area (Å²) >= 11 is 1.50. The molecule has 29 heavy (non-hydrogen) atoms. The van der Waals surface area contributed by atoms with Crippen molar-refractivity contribution in [2.75, 3.05) is 13.7 Å². The third kappa shape index (κ3) is 4.72. The zero-order valence-corrected chi connectivity index (χ0v) is 18.2. The predicted octanol–water partition coefficient (Wildman–Crippen LogP) is 2.28. The van der Waals surface area contributed by atoms with E-state index in [2.05, 4.69) is 14.8 Å². The average Bonchev–Trinajstić information content (AvgIpc) is 3.01. The maximum Gasteiger partial charge on any atom is 0.266 e. The zero-order chi connectivity index (χ0) is 21.2. The Labute approximate surface area is 173 Å². The van der Waals surface area contributed by atoms with Crippen LogP contribution in [0.3, 0.4) is 0 Å². The molecule has 0 aliphatic heterocycles. The van der Waals surface area contributed by atoms with E-state index in [1.54, 1.807) is 18.2 Å². The molecule has 0 radical (unpaired) electrons. The molecule has 1 N–H and O–H groups in total. The van der Waals surface area contributed by atoms with Gasteiger partial charge in [0.2, 0.25) is 10.0 Å². The Kier molecular flexibility index (Phi) is 6.15. The number of nitrogens with one attached hydrogen (secondary N) is 1. The van der Waals surface area contributed by atoms with Gasteiger partial charge in [-0.1, -0.05) is 6.07 Å². The number of nitrogens with zero attached hydrogens (tertiary/aromatic N) is 3. The molecular weight excluding hydrogens is 412 g/mol. The Balaban J connectivity index is 1.77. The second kappa shape index (κ2) is 8.44. The lowest BCUT2D eigenvalue weighted by molar-refractivity contribution is 0.402. The smallest absolute Gasteiger partial charge is 0.266 e. The lowest BCUT2D eigenvalue weighted by atomic mass is 10.2. The van der Waals surface area contributed by atoms with Gasteiger partial charge in [0.25, 0.3) is 5.56 Å². The number of sulfonamides is 1. The van der Waals surface area contributed by atoms with Gasteiger partial charge in [-0.05, 0) is 44.5 Å². The van der Waals surface area contributed by atoms with Crippen molar-refractivity contribution in [1.82, 2.24) is 19.5 Å². The highest BCUT2D eigenvalue weighted by molar-refractivity contribution is 7.89. The molecule has 0 aliphatic carbocycles. The topological polar surface area (TPSA) is 103 Å². The molecule has 0 bridgehead atoms. The van der Waals surface area contributed by atoms with Crippen LogP contribution in [0.1, 0.15) is 16.3 Å². The Morgan fingerprint density at radius 1 is 1.17 bits per heavy atom. The van der Waals surface area contributed by atoms with Crippen molar-refractivity contribution < 1.29 is 13.2 Å². The number of hydrogen-bond acceptors (Lipinski definition) is 7. The van der Waals surface area contributed by atoms with Gasteiger partial charge in [0.15, 0.2) is 0 Å². The number of methoxy groups -OCH3 is 1. The van der Waals surface area contributed by atoms with Crippen LogP contribution in [0.25, 0.3) is 10.6 Å². The molecule has 0 saturated carbocycles. The Hall–Kier alpha value is -2.56. The first-order valence-electron chi connectivity index (χ1n) is 8.88. The van der Waals surface area contributed by atoms with Gasteiger partial charge in [-0.15, -0.1) is 11.3 Å². The van der Waals surface area contributed by atoms with Crippen LogP contribution in [-0.4, -0.2) is 36.8 Å². The van der Waals surface area contributed by atoms with Crippen molar-refractivity contribution in [2.45, 2.75) is 32.2 Å². The molecule has 0 spiro atoms. The molecule has 2 aromatic heterocycles. The van der Waals surface area contributed by atoms with Crippen molar-refractivity contribution in [1.29, 1.82) is 0 Å². The third-order valence-electron chi connectivity index (χ3n) is 4.23. The van der Waals surface area contributed by atoms with Gasteiger partial charge in [-0.25, -0.2) is 22.8 Å². The maximum absolute atomic E-state index is 12.6. The quantitative estimate of drug-likeness (QED) is 0.612. The Morgan fingerprint density at radius 2 is 1.93 bits per heavy atom. The molecule has 0 saturated heterocycles. The maximum atomic E-state index is 12.6. The van der Waals surface area contributed by atoms with Crippen molar-refractivity contribution in [3.8, 4) is 16.3 Å². The summed E-state index contributed by atoms with van der Waals surface area (Å²) in [6.45, 7) is 5.75. The van der Waals surface area contributed by atoms with E-state index in [0.29, 0.717) is 5.69 Å². The van der Waals surface area contributed by atoms with E-state index in [0.717, 1.165) is 21.1 Å². The normalized spacial score (nSPS) is 11.6. The molecule has 2 heterocycles. The highest BCUT2D eigenvalue weighted by atomic mass is 32.2. The summed E-state index contributed by atoms with van der Waals surface area (Å²) in [7, 11) is -2.37. The summed E-state index contributed by atoms with van der Waals surface area (Å²) in [6.07, 6.45) is 0. The van der Waals surface area contributed by atoms with E-state index in [4.69, 9.17) is 4.74 Å². The van der Waals surface area contributed by atoms with Crippen LogP contribution >= 0.6 is 11.3 Å². The summed E-state index contributed by atoms with van der Waals surface area (Å²) in [5, 5.41) is 5.28. The minimum absolute atomic E-state index is 0.0103. The molecule has 8 nitrogen and oxygen atoms in total. The standard InChI is InChI=1S/C19H22N4O4S2/c1-12-5-7-17(16(11-12)27-4)29(25,26)20-9-10-23-18(24)8-6-15(22-23)19-13(2)21-14(3)28-19/h5-8,11,20H,9-10H2,1-4H3. The van der Waals surface area contributed by atoms with Crippen LogP contribution in [0.5, 0.6) is 5.75 Å². The van der Waals surface area contributed by atoms with Crippen LogP contribution in [-0.2, 0) is 16.6 Å².